The lowest BCUT2D eigenvalue weighted by Crippen LogP contribution is -2.08. The van der Waals surface area contributed by atoms with Crippen molar-refractivity contribution < 1.29 is 8.78 Å². The summed E-state index contributed by atoms with van der Waals surface area (Å²) in [6.45, 7) is 6.06. The molecule has 0 radical (unpaired) electrons. The van der Waals surface area contributed by atoms with Crippen LogP contribution in [0.5, 0.6) is 0 Å². The molecule has 1 atom stereocenters. The van der Waals surface area contributed by atoms with Crippen LogP contribution in [0.25, 0.3) is 0 Å². The van der Waals surface area contributed by atoms with E-state index < -0.39 is 11.6 Å². The molecule has 0 bridgehead atoms. The zero-order valence-corrected chi connectivity index (χ0v) is 12.0. The number of aryl methyl sites for hydroxylation is 1. The van der Waals surface area contributed by atoms with Crippen LogP contribution in [0.2, 0.25) is 0 Å². The van der Waals surface area contributed by atoms with Gasteiger partial charge in [-0.3, -0.25) is 4.68 Å². The molecule has 1 heterocycles. The van der Waals surface area contributed by atoms with E-state index in [1.165, 1.54) is 12.1 Å². The summed E-state index contributed by atoms with van der Waals surface area (Å²) in [5, 5.41) is 7.17. The molecule has 1 unspecified atom stereocenters. The lowest BCUT2D eigenvalue weighted by Gasteiger charge is -2.10. The topological polar surface area (TPSA) is 29.9 Å². The first-order valence-corrected chi connectivity index (χ1v) is 6.75. The Morgan fingerprint density at radius 3 is 2.75 bits per heavy atom. The molecule has 2 rings (SSSR count). The van der Waals surface area contributed by atoms with Crippen molar-refractivity contribution >= 4 is 5.69 Å². The van der Waals surface area contributed by atoms with Crippen LogP contribution in [-0.4, -0.2) is 9.78 Å². The summed E-state index contributed by atoms with van der Waals surface area (Å²) in [4.78, 5) is 0. The molecule has 0 aliphatic heterocycles. The number of anilines is 1. The summed E-state index contributed by atoms with van der Waals surface area (Å²) in [6.07, 6.45) is 2.86. The highest BCUT2D eigenvalue weighted by atomic mass is 19.1. The number of hydrogen-bond donors (Lipinski definition) is 1. The highest BCUT2D eigenvalue weighted by Gasteiger charge is 2.12. The second-order valence-corrected chi connectivity index (χ2v) is 4.95. The summed E-state index contributed by atoms with van der Waals surface area (Å²) in [7, 11) is 0. The van der Waals surface area contributed by atoms with Crippen molar-refractivity contribution in [3.05, 3.63) is 47.3 Å². The molecular weight excluding hydrogens is 260 g/mol. The fraction of sp³-hybridized carbons (Fsp3) is 0.400. The van der Waals surface area contributed by atoms with Crippen LogP contribution in [0.3, 0.4) is 0 Å². The number of benzene rings is 1. The normalized spacial score (nSPS) is 12.4. The average Bonchev–Trinajstić information content (AvgIpc) is 2.91. The smallest absolute Gasteiger partial charge is 0.152 e. The molecule has 0 saturated carbocycles. The molecule has 0 saturated heterocycles. The van der Waals surface area contributed by atoms with E-state index in [1.807, 2.05) is 16.9 Å². The van der Waals surface area contributed by atoms with E-state index in [9.17, 15) is 8.78 Å². The van der Waals surface area contributed by atoms with Gasteiger partial charge in [-0.05, 0) is 38.0 Å². The van der Waals surface area contributed by atoms with Gasteiger partial charge in [-0.1, -0.05) is 13.0 Å². The lowest BCUT2D eigenvalue weighted by molar-refractivity contribution is 0.474. The molecule has 0 spiro atoms. The lowest BCUT2D eigenvalue weighted by atomic mass is 10.2. The van der Waals surface area contributed by atoms with Crippen LogP contribution in [-0.2, 0) is 6.54 Å². The molecule has 3 nitrogen and oxygen atoms in total. The van der Waals surface area contributed by atoms with Gasteiger partial charge in [-0.25, -0.2) is 8.78 Å². The van der Waals surface area contributed by atoms with Crippen LogP contribution < -0.4 is 5.32 Å². The number of hydrogen-bond acceptors (Lipinski definition) is 2. The number of rotatable bonds is 5. The third-order valence-corrected chi connectivity index (χ3v) is 3.44. The molecule has 2 aromatic rings. The average molecular weight is 279 g/mol. The van der Waals surface area contributed by atoms with Crippen LogP contribution in [0.1, 0.15) is 37.6 Å². The van der Waals surface area contributed by atoms with Crippen LogP contribution in [0, 0.1) is 18.6 Å². The van der Waals surface area contributed by atoms with E-state index in [4.69, 9.17) is 0 Å². The van der Waals surface area contributed by atoms with Gasteiger partial charge in [0.05, 0.1) is 12.2 Å². The van der Waals surface area contributed by atoms with E-state index in [0.29, 0.717) is 18.2 Å². The highest BCUT2D eigenvalue weighted by molar-refractivity contribution is 5.49. The van der Waals surface area contributed by atoms with Gasteiger partial charge in [0.1, 0.15) is 11.5 Å². The Balaban J connectivity index is 2.09. The molecule has 1 aromatic heterocycles. The number of halogens is 2. The fourth-order valence-corrected chi connectivity index (χ4v) is 1.90. The fourth-order valence-electron chi connectivity index (χ4n) is 1.90. The van der Waals surface area contributed by atoms with E-state index in [0.717, 1.165) is 12.1 Å². The third-order valence-electron chi connectivity index (χ3n) is 3.44. The largest absolute Gasteiger partial charge is 0.375 e. The van der Waals surface area contributed by atoms with Crippen molar-refractivity contribution in [2.75, 3.05) is 5.32 Å². The predicted molar refractivity (Wildman–Crippen MR) is 75.7 cm³/mol. The molecule has 0 amide bonds. The van der Waals surface area contributed by atoms with Gasteiger partial charge < -0.3 is 5.32 Å². The zero-order chi connectivity index (χ0) is 14.7. The van der Waals surface area contributed by atoms with Gasteiger partial charge in [-0.15, -0.1) is 0 Å². The van der Waals surface area contributed by atoms with Gasteiger partial charge >= 0.3 is 0 Å². The van der Waals surface area contributed by atoms with E-state index in [1.54, 1.807) is 6.92 Å². The Labute approximate surface area is 117 Å². The Kier molecular flexibility index (Phi) is 4.37. The quantitative estimate of drug-likeness (QED) is 0.894. The van der Waals surface area contributed by atoms with Crippen molar-refractivity contribution in [3.63, 3.8) is 0 Å². The minimum atomic E-state index is -0.588. The van der Waals surface area contributed by atoms with Crippen LogP contribution >= 0.6 is 0 Å². The zero-order valence-electron chi connectivity index (χ0n) is 12.0. The van der Waals surface area contributed by atoms with Crippen LogP contribution in [0.15, 0.2) is 24.4 Å². The molecule has 1 N–H and O–H groups in total. The summed E-state index contributed by atoms with van der Waals surface area (Å²) in [5.41, 5.74) is 1.08. The Bertz CT molecular complexity index is 593. The SMILES string of the molecule is CCC(C)n1ccc(CNc2c(F)ccc(C)c2F)n1. The molecule has 1 aromatic carbocycles. The van der Waals surface area contributed by atoms with E-state index in [-0.39, 0.29) is 5.69 Å². The number of nitrogens with zero attached hydrogens (tertiary/aromatic N) is 2. The summed E-state index contributed by atoms with van der Waals surface area (Å²) in [6, 6.07) is 4.85. The van der Waals surface area contributed by atoms with Gasteiger partial charge in [0.25, 0.3) is 0 Å². The highest BCUT2D eigenvalue weighted by Crippen LogP contribution is 2.22. The first-order chi connectivity index (χ1) is 9.52. The molecular formula is C15H19F2N3. The Morgan fingerprint density at radius 1 is 1.30 bits per heavy atom. The predicted octanol–water partition coefficient (Wildman–Crippen LogP) is 4.05. The second kappa shape index (κ2) is 6.03. The second-order valence-electron chi connectivity index (χ2n) is 4.95. The maximum atomic E-state index is 13.8. The van der Waals surface area contributed by atoms with Gasteiger partial charge in [-0.2, -0.15) is 5.10 Å². The third kappa shape index (κ3) is 2.98. The summed E-state index contributed by atoms with van der Waals surface area (Å²) in [5.74, 6) is -1.14. The number of nitrogens with one attached hydrogen (secondary N) is 1. The first-order valence-electron chi connectivity index (χ1n) is 6.75. The summed E-state index contributed by atoms with van der Waals surface area (Å²) < 4.78 is 29.3. The molecule has 0 fully saturated rings. The first kappa shape index (κ1) is 14.5. The molecule has 0 aliphatic rings. The van der Waals surface area contributed by atoms with Crippen molar-refractivity contribution in [3.8, 4) is 0 Å². The Morgan fingerprint density at radius 2 is 2.05 bits per heavy atom. The summed E-state index contributed by atoms with van der Waals surface area (Å²) >= 11 is 0. The maximum absolute atomic E-state index is 13.8. The maximum Gasteiger partial charge on any atom is 0.152 e. The number of aromatic nitrogens is 2. The molecule has 108 valence electrons. The Hall–Kier alpha value is -1.91. The van der Waals surface area contributed by atoms with Crippen molar-refractivity contribution in [2.45, 2.75) is 39.8 Å². The van der Waals surface area contributed by atoms with Crippen molar-refractivity contribution in [2.24, 2.45) is 0 Å². The van der Waals surface area contributed by atoms with Crippen molar-refractivity contribution in [1.82, 2.24) is 9.78 Å². The van der Waals surface area contributed by atoms with E-state index in [2.05, 4.69) is 24.3 Å². The van der Waals surface area contributed by atoms with E-state index >= 15 is 0 Å². The monoisotopic (exact) mass is 279 g/mol. The standard InChI is InChI=1S/C15H19F2N3/c1-4-11(3)20-8-7-12(19-20)9-18-15-13(16)6-5-10(2)14(15)17/h5-8,11,18H,4,9H2,1-3H3. The van der Waals surface area contributed by atoms with Gasteiger partial charge in [0, 0.05) is 12.2 Å². The molecule has 5 heteroatoms. The van der Waals surface area contributed by atoms with Crippen molar-refractivity contribution in [1.29, 1.82) is 0 Å². The van der Waals surface area contributed by atoms with Gasteiger partial charge in [0.2, 0.25) is 0 Å². The molecule has 0 aliphatic carbocycles. The van der Waals surface area contributed by atoms with Crippen LogP contribution in [0.4, 0.5) is 14.5 Å². The van der Waals surface area contributed by atoms with Gasteiger partial charge in [0.15, 0.2) is 5.82 Å². The minimum absolute atomic E-state index is 0.0944. The molecule has 20 heavy (non-hydrogen) atoms. The minimum Gasteiger partial charge on any atom is -0.375 e.